The van der Waals surface area contributed by atoms with Gasteiger partial charge in [-0.05, 0) is 31.2 Å². The molecule has 5 atom stereocenters. The lowest BCUT2D eigenvalue weighted by Gasteiger charge is -2.40. The van der Waals surface area contributed by atoms with E-state index in [1.165, 1.54) is 12.1 Å². The maximum atomic E-state index is 12.5. The number of benzene rings is 1. The van der Waals surface area contributed by atoms with Crippen LogP contribution in [0.3, 0.4) is 0 Å². The highest BCUT2D eigenvalue weighted by atomic mass is 16.5. The van der Waals surface area contributed by atoms with Crippen LogP contribution in [0.25, 0.3) is 10.9 Å². The Morgan fingerprint density at radius 3 is 2.61 bits per heavy atom. The van der Waals surface area contributed by atoms with Crippen molar-refractivity contribution < 1.29 is 34.8 Å². The van der Waals surface area contributed by atoms with Crippen molar-refractivity contribution >= 4 is 22.8 Å². The number of rotatable bonds is 7. The molecule has 1 aliphatic heterocycles. The van der Waals surface area contributed by atoms with Gasteiger partial charge in [0.1, 0.15) is 18.3 Å². The molecule has 5 N–H and O–H groups in total. The molecule has 1 amide bonds. The van der Waals surface area contributed by atoms with E-state index in [0.29, 0.717) is 16.7 Å². The number of ether oxygens (including phenoxy) is 1. The number of carbonyl (C=O) groups is 2. The summed E-state index contributed by atoms with van der Waals surface area (Å²) in [4.78, 5) is 23.8. The van der Waals surface area contributed by atoms with E-state index < -0.39 is 43.0 Å². The van der Waals surface area contributed by atoms with Crippen molar-refractivity contribution in [3.8, 4) is 0 Å². The van der Waals surface area contributed by atoms with Crippen LogP contribution in [0.4, 0.5) is 0 Å². The molecule has 0 fully saturated rings. The van der Waals surface area contributed by atoms with Gasteiger partial charge in [-0.3, -0.25) is 9.48 Å². The van der Waals surface area contributed by atoms with Crippen LogP contribution in [0.15, 0.2) is 36.2 Å². The Morgan fingerprint density at radius 1 is 1.29 bits per heavy atom. The molecule has 0 aliphatic carbocycles. The molecule has 1 aliphatic rings. The van der Waals surface area contributed by atoms with Gasteiger partial charge >= 0.3 is 5.97 Å². The monoisotopic (exact) mass is 433 g/mol. The van der Waals surface area contributed by atoms with Gasteiger partial charge in [0.15, 0.2) is 0 Å². The maximum Gasteiger partial charge on any atom is 0.335 e. The summed E-state index contributed by atoms with van der Waals surface area (Å²) < 4.78 is 7.32. The SMILES string of the molecule is CC1=C[C@H](n2cc3cc(C(=O)O)ccc3n2)[C@@H](NC(=O)C(C)C)[C@H]([C@H](O)[C@H](O)CO)O1. The van der Waals surface area contributed by atoms with Crippen LogP contribution >= 0.6 is 0 Å². The molecule has 1 aromatic heterocycles. The molecule has 0 unspecified atom stereocenters. The van der Waals surface area contributed by atoms with Gasteiger partial charge in [0.05, 0.1) is 35.5 Å². The van der Waals surface area contributed by atoms with Crippen molar-refractivity contribution in [3.63, 3.8) is 0 Å². The van der Waals surface area contributed by atoms with Crippen molar-refractivity contribution in [3.05, 3.63) is 41.8 Å². The number of amides is 1. The summed E-state index contributed by atoms with van der Waals surface area (Å²) in [5.74, 6) is -1.24. The summed E-state index contributed by atoms with van der Waals surface area (Å²) in [6.07, 6.45) is -0.616. The minimum absolute atomic E-state index is 0.120. The Bertz CT molecular complexity index is 1000. The number of nitrogens with zero attached hydrogens (tertiary/aromatic N) is 2. The van der Waals surface area contributed by atoms with Gasteiger partial charge in [-0.2, -0.15) is 5.10 Å². The van der Waals surface area contributed by atoms with E-state index in [4.69, 9.17) is 4.74 Å². The predicted octanol–water partition coefficient (Wildman–Crippen LogP) is 0.433. The average Bonchev–Trinajstić information content (AvgIpc) is 3.16. The Kier molecular flexibility index (Phi) is 6.63. The number of hydrogen-bond donors (Lipinski definition) is 5. The fourth-order valence-corrected chi connectivity index (χ4v) is 3.54. The second-order valence-corrected chi connectivity index (χ2v) is 7.97. The number of fused-ring (bicyclic) bond motifs is 1. The van der Waals surface area contributed by atoms with Gasteiger partial charge in [-0.25, -0.2) is 4.79 Å². The summed E-state index contributed by atoms with van der Waals surface area (Å²) in [6.45, 7) is 4.44. The average molecular weight is 433 g/mol. The van der Waals surface area contributed by atoms with Crippen LogP contribution in [-0.2, 0) is 9.53 Å². The Morgan fingerprint density at radius 2 is 2.00 bits per heavy atom. The molecule has 2 aromatic rings. The van der Waals surface area contributed by atoms with Crippen LogP contribution in [0.5, 0.6) is 0 Å². The van der Waals surface area contributed by atoms with Gasteiger partial charge in [0, 0.05) is 17.5 Å². The first-order chi connectivity index (χ1) is 14.6. The minimum Gasteiger partial charge on any atom is -0.490 e. The first-order valence-corrected chi connectivity index (χ1v) is 9.97. The molecule has 0 spiro atoms. The molecule has 0 saturated carbocycles. The second-order valence-electron chi connectivity index (χ2n) is 7.97. The molecule has 0 bridgehead atoms. The molecular formula is C21H27N3O7. The Hall–Kier alpha value is -2.95. The number of nitrogens with one attached hydrogen (secondary N) is 1. The van der Waals surface area contributed by atoms with E-state index >= 15 is 0 Å². The highest BCUT2D eigenvalue weighted by Crippen LogP contribution is 2.31. The standard InChI is InChI=1S/C21H27N3O7/c1-10(2)20(28)22-17-15(6-11(3)31-19(17)18(27)16(26)9-25)24-8-13-7-12(21(29)30)4-5-14(13)23-24/h4-8,10,15-19,25-27H,9H2,1-3H3,(H,22,28)(H,29,30)/t15-,16+,17+,18+,19+/m0/s1. The van der Waals surface area contributed by atoms with Crippen molar-refractivity contribution in [2.45, 2.75) is 51.2 Å². The fraction of sp³-hybridized carbons (Fsp3) is 0.476. The van der Waals surface area contributed by atoms with Gasteiger partial charge in [0.25, 0.3) is 0 Å². The number of aliphatic hydroxyl groups excluding tert-OH is 3. The van der Waals surface area contributed by atoms with Crippen LogP contribution in [0.2, 0.25) is 0 Å². The zero-order valence-electron chi connectivity index (χ0n) is 17.5. The Labute approximate surface area is 178 Å². The molecule has 1 aromatic carbocycles. The Balaban J connectivity index is 2.05. The number of aliphatic hydroxyl groups is 3. The quantitative estimate of drug-likeness (QED) is 0.421. The number of carboxylic acid groups (broad SMARTS) is 1. The first kappa shape index (κ1) is 22.7. The topological polar surface area (TPSA) is 154 Å². The van der Waals surface area contributed by atoms with E-state index in [9.17, 15) is 30.0 Å². The lowest BCUT2D eigenvalue weighted by atomic mass is 9.92. The predicted molar refractivity (Wildman–Crippen MR) is 110 cm³/mol. The van der Waals surface area contributed by atoms with E-state index in [-0.39, 0.29) is 17.4 Å². The van der Waals surface area contributed by atoms with E-state index in [1.807, 2.05) is 0 Å². The lowest BCUT2D eigenvalue weighted by Crippen LogP contribution is -2.58. The van der Waals surface area contributed by atoms with E-state index in [0.717, 1.165) is 0 Å². The lowest BCUT2D eigenvalue weighted by molar-refractivity contribution is -0.132. The largest absolute Gasteiger partial charge is 0.490 e. The summed E-state index contributed by atoms with van der Waals surface area (Å²) in [5, 5.41) is 47.0. The normalized spacial score (nSPS) is 23.2. The molecule has 31 heavy (non-hydrogen) atoms. The molecule has 0 saturated heterocycles. The van der Waals surface area contributed by atoms with Gasteiger partial charge < -0.3 is 30.5 Å². The summed E-state index contributed by atoms with van der Waals surface area (Å²) in [7, 11) is 0. The van der Waals surface area contributed by atoms with Crippen LogP contribution in [0.1, 0.15) is 37.2 Å². The van der Waals surface area contributed by atoms with Crippen molar-refractivity contribution in [2.75, 3.05) is 6.61 Å². The van der Waals surface area contributed by atoms with Crippen LogP contribution < -0.4 is 5.32 Å². The molecular weight excluding hydrogens is 406 g/mol. The number of carboxylic acids is 1. The third kappa shape index (κ3) is 4.71. The highest BCUT2D eigenvalue weighted by molar-refractivity contribution is 5.93. The fourth-order valence-electron chi connectivity index (χ4n) is 3.54. The molecule has 3 rings (SSSR count). The number of carbonyl (C=O) groups excluding carboxylic acids is 1. The summed E-state index contributed by atoms with van der Waals surface area (Å²) in [6, 6.07) is 3.13. The summed E-state index contributed by atoms with van der Waals surface area (Å²) >= 11 is 0. The van der Waals surface area contributed by atoms with Crippen LogP contribution in [-0.4, -0.2) is 73.0 Å². The third-order valence-corrected chi connectivity index (χ3v) is 5.28. The van der Waals surface area contributed by atoms with Crippen molar-refractivity contribution in [2.24, 2.45) is 5.92 Å². The molecule has 10 heteroatoms. The molecule has 0 radical (unpaired) electrons. The zero-order valence-corrected chi connectivity index (χ0v) is 17.5. The van der Waals surface area contributed by atoms with Crippen molar-refractivity contribution in [1.82, 2.24) is 15.1 Å². The number of aromatic carboxylic acids is 1. The van der Waals surface area contributed by atoms with Gasteiger partial charge in [0.2, 0.25) is 5.91 Å². The minimum atomic E-state index is -1.47. The smallest absolute Gasteiger partial charge is 0.335 e. The first-order valence-electron chi connectivity index (χ1n) is 9.97. The molecule has 2 heterocycles. The third-order valence-electron chi connectivity index (χ3n) is 5.28. The second kappa shape index (κ2) is 9.04. The maximum absolute atomic E-state index is 12.5. The zero-order chi connectivity index (χ0) is 22.9. The highest BCUT2D eigenvalue weighted by Gasteiger charge is 2.43. The van der Waals surface area contributed by atoms with Crippen molar-refractivity contribution in [1.29, 1.82) is 0 Å². The van der Waals surface area contributed by atoms with Crippen LogP contribution in [0, 0.1) is 5.92 Å². The van der Waals surface area contributed by atoms with E-state index in [1.54, 1.807) is 43.8 Å². The number of hydrogen-bond acceptors (Lipinski definition) is 7. The van der Waals surface area contributed by atoms with E-state index in [2.05, 4.69) is 10.4 Å². The number of aromatic nitrogens is 2. The number of allylic oxidation sites excluding steroid dienone is 1. The van der Waals surface area contributed by atoms with Gasteiger partial charge in [-0.1, -0.05) is 13.8 Å². The molecule has 10 nitrogen and oxygen atoms in total. The van der Waals surface area contributed by atoms with Gasteiger partial charge in [-0.15, -0.1) is 0 Å². The molecule has 168 valence electrons. The summed E-state index contributed by atoms with van der Waals surface area (Å²) in [5.41, 5.74) is 0.679.